The molecule has 31 heavy (non-hydrogen) atoms. The van der Waals surface area contributed by atoms with Crippen molar-refractivity contribution < 1.29 is 14.4 Å². The van der Waals surface area contributed by atoms with Gasteiger partial charge in [-0.15, -0.1) is 0 Å². The van der Waals surface area contributed by atoms with Crippen LogP contribution in [-0.2, 0) is 13.0 Å². The first-order valence-electron chi connectivity index (χ1n) is 9.89. The zero-order valence-electron chi connectivity index (χ0n) is 16.5. The van der Waals surface area contributed by atoms with Crippen LogP contribution in [0.1, 0.15) is 33.8 Å². The number of aromatic nitrogens is 2. The average Bonchev–Trinajstić information content (AvgIpc) is 3.39. The fourth-order valence-electron chi connectivity index (χ4n) is 3.78. The number of anilines is 2. The molecular formula is C23H19N5O3. The summed E-state index contributed by atoms with van der Waals surface area (Å²) in [5.74, 6) is -0.169. The highest BCUT2D eigenvalue weighted by Gasteiger charge is 2.23. The second-order valence-electron chi connectivity index (χ2n) is 7.23. The van der Waals surface area contributed by atoms with Gasteiger partial charge in [0, 0.05) is 29.0 Å². The zero-order chi connectivity index (χ0) is 21.2. The average molecular weight is 413 g/mol. The van der Waals surface area contributed by atoms with Crippen molar-refractivity contribution in [2.45, 2.75) is 19.4 Å². The minimum atomic E-state index is -0.347. The molecule has 3 N–H and O–H groups in total. The molecule has 3 heterocycles. The number of hydrogen-bond acceptors (Lipinski definition) is 7. The minimum Gasteiger partial charge on any atom is -0.447 e. The quantitative estimate of drug-likeness (QED) is 0.336. The summed E-state index contributed by atoms with van der Waals surface area (Å²) in [5, 5.41) is 19.5. The Morgan fingerprint density at radius 3 is 2.94 bits per heavy atom. The van der Waals surface area contributed by atoms with Crippen molar-refractivity contribution in [3.05, 3.63) is 83.6 Å². The molecule has 0 fully saturated rings. The summed E-state index contributed by atoms with van der Waals surface area (Å²) in [7, 11) is 0. The molecular weight excluding hydrogens is 394 g/mol. The number of nitrogens with one attached hydrogen (secondary N) is 2. The Bertz CT molecular complexity index is 1300. The Kier molecular flexibility index (Phi) is 4.80. The SMILES string of the molecule is O=C(NCc1ccccn1)c1oc2cnccc2c1Nc1ccc2c(c1)CC/C2=N\O. The lowest BCUT2D eigenvalue weighted by atomic mass is 10.1. The Morgan fingerprint density at radius 2 is 2.10 bits per heavy atom. The minimum absolute atomic E-state index is 0.178. The molecule has 1 amide bonds. The fourth-order valence-corrected chi connectivity index (χ4v) is 3.78. The van der Waals surface area contributed by atoms with E-state index in [-0.39, 0.29) is 18.2 Å². The molecule has 4 aromatic rings. The third-order valence-corrected chi connectivity index (χ3v) is 5.29. The second kappa shape index (κ2) is 7.91. The highest BCUT2D eigenvalue weighted by Crippen LogP contribution is 2.34. The molecule has 1 aliphatic carbocycles. The van der Waals surface area contributed by atoms with Gasteiger partial charge in [0.1, 0.15) is 0 Å². The van der Waals surface area contributed by atoms with Crippen LogP contribution in [0.25, 0.3) is 11.0 Å². The van der Waals surface area contributed by atoms with Gasteiger partial charge in [0.2, 0.25) is 5.76 Å². The Morgan fingerprint density at radius 1 is 1.16 bits per heavy atom. The van der Waals surface area contributed by atoms with Gasteiger partial charge >= 0.3 is 0 Å². The summed E-state index contributed by atoms with van der Waals surface area (Å²) in [4.78, 5) is 21.2. The largest absolute Gasteiger partial charge is 0.447 e. The molecule has 154 valence electrons. The molecule has 0 unspecified atom stereocenters. The number of benzene rings is 1. The lowest BCUT2D eigenvalue weighted by Gasteiger charge is -2.10. The van der Waals surface area contributed by atoms with E-state index in [0.29, 0.717) is 23.4 Å². The third-order valence-electron chi connectivity index (χ3n) is 5.29. The van der Waals surface area contributed by atoms with Crippen LogP contribution in [0.15, 0.2) is 70.6 Å². The number of nitrogens with zero attached hydrogens (tertiary/aromatic N) is 3. The van der Waals surface area contributed by atoms with Crippen LogP contribution in [0.4, 0.5) is 11.4 Å². The topological polar surface area (TPSA) is 113 Å². The van der Waals surface area contributed by atoms with E-state index in [1.54, 1.807) is 24.7 Å². The van der Waals surface area contributed by atoms with E-state index in [0.717, 1.165) is 34.3 Å². The van der Waals surface area contributed by atoms with Crippen LogP contribution in [0.5, 0.6) is 0 Å². The smallest absolute Gasteiger partial charge is 0.289 e. The second-order valence-corrected chi connectivity index (χ2v) is 7.23. The van der Waals surface area contributed by atoms with Crippen molar-refractivity contribution in [3.8, 4) is 0 Å². The molecule has 0 saturated carbocycles. The molecule has 0 atom stereocenters. The van der Waals surface area contributed by atoms with Crippen LogP contribution in [-0.4, -0.2) is 26.8 Å². The Balaban J connectivity index is 1.46. The molecule has 8 nitrogen and oxygen atoms in total. The van der Waals surface area contributed by atoms with Gasteiger partial charge < -0.3 is 20.3 Å². The summed E-state index contributed by atoms with van der Waals surface area (Å²) in [6.45, 7) is 0.288. The number of fused-ring (bicyclic) bond motifs is 2. The van der Waals surface area contributed by atoms with E-state index in [1.165, 1.54) is 0 Å². The summed E-state index contributed by atoms with van der Waals surface area (Å²) < 4.78 is 5.84. The molecule has 0 saturated heterocycles. The van der Waals surface area contributed by atoms with Gasteiger partial charge in [0.15, 0.2) is 5.58 Å². The number of pyridine rings is 2. The molecule has 0 aliphatic heterocycles. The number of aryl methyl sites for hydroxylation is 1. The number of carbonyl (C=O) groups is 1. The highest BCUT2D eigenvalue weighted by atomic mass is 16.4. The first kappa shape index (κ1) is 18.8. The first-order chi connectivity index (χ1) is 15.2. The number of hydrogen-bond donors (Lipinski definition) is 3. The van der Waals surface area contributed by atoms with E-state index in [2.05, 4.69) is 25.8 Å². The zero-order valence-corrected chi connectivity index (χ0v) is 16.5. The first-order valence-corrected chi connectivity index (χ1v) is 9.89. The maximum absolute atomic E-state index is 12.9. The summed E-state index contributed by atoms with van der Waals surface area (Å²) in [6, 6.07) is 13.2. The molecule has 1 aliphatic rings. The van der Waals surface area contributed by atoms with E-state index in [1.807, 2.05) is 36.4 Å². The predicted octanol–water partition coefficient (Wildman–Crippen LogP) is 4.02. The van der Waals surface area contributed by atoms with Crippen molar-refractivity contribution in [2.75, 3.05) is 5.32 Å². The van der Waals surface area contributed by atoms with Gasteiger partial charge in [-0.3, -0.25) is 14.8 Å². The molecule has 0 spiro atoms. The van der Waals surface area contributed by atoms with Gasteiger partial charge in [0.25, 0.3) is 5.91 Å². The Hall–Kier alpha value is -4.20. The van der Waals surface area contributed by atoms with Gasteiger partial charge in [-0.1, -0.05) is 17.3 Å². The van der Waals surface area contributed by atoms with Gasteiger partial charge in [0.05, 0.1) is 29.8 Å². The van der Waals surface area contributed by atoms with E-state index < -0.39 is 0 Å². The van der Waals surface area contributed by atoms with Crippen molar-refractivity contribution in [1.29, 1.82) is 0 Å². The van der Waals surface area contributed by atoms with Crippen LogP contribution < -0.4 is 10.6 Å². The molecule has 5 rings (SSSR count). The lowest BCUT2D eigenvalue weighted by molar-refractivity contribution is 0.0926. The molecule has 1 aromatic carbocycles. The van der Waals surface area contributed by atoms with Crippen LogP contribution in [0, 0.1) is 0 Å². The number of rotatable bonds is 5. The number of amides is 1. The highest BCUT2D eigenvalue weighted by molar-refractivity contribution is 6.07. The van der Waals surface area contributed by atoms with Gasteiger partial charge in [-0.05, 0) is 48.7 Å². The van der Waals surface area contributed by atoms with Gasteiger partial charge in [-0.2, -0.15) is 0 Å². The van der Waals surface area contributed by atoms with Crippen molar-refractivity contribution in [1.82, 2.24) is 15.3 Å². The molecule has 3 aromatic heterocycles. The monoisotopic (exact) mass is 413 g/mol. The van der Waals surface area contributed by atoms with Gasteiger partial charge in [-0.25, -0.2) is 0 Å². The lowest BCUT2D eigenvalue weighted by Crippen LogP contribution is -2.23. The van der Waals surface area contributed by atoms with Crippen molar-refractivity contribution >= 4 is 34.0 Å². The van der Waals surface area contributed by atoms with E-state index >= 15 is 0 Å². The standard InChI is InChI=1S/C23H19N5O3/c29-23(26-12-16-3-1-2-9-25-16)22-21(18-8-10-24-13-20(18)31-22)27-15-5-6-17-14(11-15)4-7-19(17)28-30/h1-3,5-6,8-11,13,27,30H,4,7,12H2,(H,26,29)/b28-19+. The van der Waals surface area contributed by atoms with Crippen molar-refractivity contribution in [2.24, 2.45) is 5.16 Å². The van der Waals surface area contributed by atoms with E-state index in [4.69, 9.17) is 9.62 Å². The normalized spacial score (nSPS) is 14.0. The number of furan rings is 1. The summed E-state index contributed by atoms with van der Waals surface area (Å²) in [6.07, 6.45) is 6.44. The predicted molar refractivity (Wildman–Crippen MR) is 116 cm³/mol. The van der Waals surface area contributed by atoms with Crippen molar-refractivity contribution in [3.63, 3.8) is 0 Å². The summed E-state index contributed by atoms with van der Waals surface area (Å²) in [5.41, 5.74) is 5.39. The third kappa shape index (κ3) is 3.59. The number of oxime groups is 1. The van der Waals surface area contributed by atoms with E-state index in [9.17, 15) is 4.79 Å². The number of carbonyl (C=O) groups excluding carboxylic acids is 1. The van der Waals surface area contributed by atoms with Crippen LogP contribution in [0.2, 0.25) is 0 Å². The Labute approximate surface area is 177 Å². The molecule has 0 bridgehead atoms. The van der Waals surface area contributed by atoms with Crippen LogP contribution in [0.3, 0.4) is 0 Å². The fraction of sp³-hybridized carbons (Fsp3) is 0.130. The molecule has 8 heteroatoms. The molecule has 0 radical (unpaired) electrons. The summed E-state index contributed by atoms with van der Waals surface area (Å²) >= 11 is 0. The van der Waals surface area contributed by atoms with Crippen LogP contribution >= 0.6 is 0 Å². The maximum atomic E-state index is 12.9. The maximum Gasteiger partial charge on any atom is 0.289 e.